The maximum Gasteiger partial charge on any atom is 0.213 e. The van der Waals surface area contributed by atoms with E-state index < -0.39 is 31.5 Å². The highest BCUT2D eigenvalue weighted by Gasteiger charge is 2.17. The number of nitrogens with one attached hydrogen (secondary N) is 2. The summed E-state index contributed by atoms with van der Waals surface area (Å²) in [7, 11) is -6.74. The second kappa shape index (κ2) is 10.0. The highest BCUT2D eigenvalue weighted by atomic mass is 32.2. The summed E-state index contributed by atoms with van der Waals surface area (Å²) in [6.45, 7) is 5.62. The van der Waals surface area contributed by atoms with Gasteiger partial charge < -0.3 is 5.11 Å². The lowest BCUT2D eigenvalue weighted by atomic mass is 9.97. The van der Waals surface area contributed by atoms with E-state index in [1.807, 2.05) is 55.5 Å². The first-order valence-corrected chi connectivity index (χ1v) is 13.1. The van der Waals surface area contributed by atoms with E-state index in [1.165, 1.54) is 0 Å². The lowest BCUT2D eigenvalue weighted by Gasteiger charge is -2.15. The van der Waals surface area contributed by atoms with Crippen molar-refractivity contribution in [1.82, 2.24) is 9.44 Å². The van der Waals surface area contributed by atoms with Crippen LogP contribution in [0.1, 0.15) is 37.8 Å². The van der Waals surface area contributed by atoms with Gasteiger partial charge in [0.15, 0.2) is 0 Å². The fourth-order valence-electron chi connectivity index (χ4n) is 2.88. The Kier molecular flexibility index (Phi) is 8.18. The Hall–Kier alpha value is -1.78. The van der Waals surface area contributed by atoms with E-state index in [0.29, 0.717) is 6.54 Å². The quantitative estimate of drug-likeness (QED) is 0.477. The first-order chi connectivity index (χ1) is 13.9. The minimum absolute atomic E-state index is 0.0405. The van der Waals surface area contributed by atoms with Crippen LogP contribution < -0.4 is 9.44 Å². The van der Waals surface area contributed by atoms with Crippen molar-refractivity contribution in [2.45, 2.75) is 44.6 Å². The van der Waals surface area contributed by atoms with Crippen LogP contribution in [0.5, 0.6) is 0 Å². The monoisotopic (exact) mass is 454 g/mol. The van der Waals surface area contributed by atoms with E-state index in [1.54, 1.807) is 13.8 Å². The fraction of sp³-hybridized carbons (Fsp3) is 0.429. The first kappa shape index (κ1) is 24.5. The van der Waals surface area contributed by atoms with Gasteiger partial charge in [-0.25, -0.2) is 21.6 Å². The van der Waals surface area contributed by atoms with E-state index >= 15 is 0 Å². The van der Waals surface area contributed by atoms with Crippen molar-refractivity contribution in [3.63, 3.8) is 0 Å². The van der Waals surface area contributed by atoms with E-state index in [0.717, 1.165) is 28.5 Å². The standard InChI is InChI=1S/C21H30N2O5S2/c1-15(2)30(27,28)22-14-16(3)18-9-11-20(12-10-18)19-7-5-17(6-8-19)13-21(24)23-29(4,25)26/h5-12,15-16,21-24H,13-14H2,1-4H3. The molecule has 0 saturated carbocycles. The summed E-state index contributed by atoms with van der Waals surface area (Å²) in [6, 6.07) is 15.5. The summed E-state index contributed by atoms with van der Waals surface area (Å²) in [5.41, 5.74) is 3.85. The van der Waals surface area contributed by atoms with E-state index in [9.17, 15) is 21.9 Å². The Balaban J connectivity index is 2.00. The van der Waals surface area contributed by atoms with Crippen LogP contribution in [0, 0.1) is 0 Å². The number of hydrogen-bond acceptors (Lipinski definition) is 5. The van der Waals surface area contributed by atoms with E-state index in [-0.39, 0.29) is 12.3 Å². The zero-order chi connectivity index (χ0) is 22.5. The highest BCUT2D eigenvalue weighted by Crippen LogP contribution is 2.23. The van der Waals surface area contributed by atoms with Gasteiger partial charge >= 0.3 is 0 Å². The Labute approximate surface area is 179 Å². The second-order valence-electron chi connectivity index (χ2n) is 7.77. The molecule has 2 aromatic rings. The third-order valence-corrected chi connectivity index (χ3v) is 7.27. The minimum atomic E-state index is -3.46. The normalized spacial score (nSPS) is 14.6. The molecule has 7 nitrogen and oxygen atoms in total. The number of hydrogen-bond donors (Lipinski definition) is 3. The molecule has 3 N–H and O–H groups in total. The van der Waals surface area contributed by atoms with Gasteiger partial charge in [0.2, 0.25) is 20.0 Å². The topological polar surface area (TPSA) is 113 Å². The first-order valence-electron chi connectivity index (χ1n) is 9.70. The molecular weight excluding hydrogens is 424 g/mol. The maximum atomic E-state index is 11.9. The molecule has 2 unspecified atom stereocenters. The Morgan fingerprint density at radius 1 is 0.867 bits per heavy atom. The van der Waals surface area contributed by atoms with Crippen molar-refractivity contribution in [1.29, 1.82) is 0 Å². The van der Waals surface area contributed by atoms with Crippen molar-refractivity contribution in [2.24, 2.45) is 0 Å². The fourth-order valence-corrected chi connectivity index (χ4v) is 4.27. The summed E-state index contributed by atoms with van der Waals surface area (Å²) in [4.78, 5) is 0. The summed E-state index contributed by atoms with van der Waals surface area (Å²) in [5.74, 6) is 0.0405. The second-order valence-corrected chi connectivity index (χ2v) is 11.9. The van der Waals surface area contributed by atoms with Crippen LogP contribution in [0.15, 0.2) is 48.5 Å². The smallest absolute Gasteiger partial charge is 0.213 e. The van der Waals surface area contributed by atoms with Crippen molar-refractivity contribution >= 4 is 20.0 Å². The molecule has 0 aliphatic rings. The zero-order valence-corrected chi connectivity index (χ0v) is 19.3. The Morgan fingerprint density at radius 2 is 1.37 bits per heavy atom. The molecule has 0 amide bonds. The lowest BCUT2D eigenvalue weighted by molar-refractivity contribution is 0.164. The van der Waals surface area contributed by atoms with Crippen LogP contribution in [0.4, 0.5) is 0 Å². The van der Waals surface area contributed by atoms with Crippen LogP contribution in [0.3, 0.4) is 0 Å². The van der Waals surface area contributed by atoms with Crippen molar-refractivity contribution in [3.05, 3.63) is 59.7 Å². The molecule has 0 spiro atoms. The molecule has 0 heterocycles. The van der Waals surface area contributed by atoms with Gasteiger partial charge in [-0.1, -0.05) is 55.5 Å². The van der Waals surface area contributed by atoms with Gasteiger partial charge in [-0.3, -0.25) is 0 Å². The van der Waals surface area contributed by atoms with E-state index in [4.69, 9.17) is 0 Å². The molecule has 0 bridgehead atoms. The average molecular weight is 455 g/mol. The van der Waals surface area contributed by atoms with E-state index in [2.05, 4.69) is 9.44 Å². The number of aliphatic hydroxyl groups is 1. The SMILES string of the molecule is CC(CNS(=O)(=O)C(C)C)c1ccc(-c2ccc(CC(O)NS(C)(=O)=O)cc2)cc1. The third-order valence-electron chi connectivity index (χ3n) is 4.76. The van der Waals surface area contributed by atoms with Crippen molar-refractivity contribution < 1.29 is 21.9 Å². The van der Waals surface area contributed by atoms with Crippen molar-refractivity contribution in [2.75, 3.05) is 12.8 Å². The van der Waals surface area contributed by atoms with Crippen molar-refractivity contribution in [3.8, 4) is 11.1 Å². The molecule has 9 heteroatoms. The van der Waals surface area contributed by atoms with Crippen LogP contribution >= 0.6 is 0 Å². The number of benzene rings is 2. The summed E-state index contributed by atoms with van der Waals surface area (Å²) in [6.07, 6.45) is 0.0129. The van der Waals surface area contributed by atoms with Crippen LogP contribution in [-0.4, -0.2) is 46.2 Å². The number of aliphatic hydroxyl groups excluding tert-OH is 1. The number of rotatable bonds is 10. The third kappa shape index (κ3) is 7.48. The Morgan fingerprint density at radius 3 is 1.83 bits per heavy atom. The molecule has 0 aliphatic heterocycles. The summed E-state index contributed by atoms with van der Waals surface area (Å²) in [5, 5.41) is 9.34. The highest BCUT2D eigenvalue weighted by molar-refractivity contribution is 7.90. The van der Waals surface area contributed by atoms with Gasteiger partial charge in [-0.15, -0.1) is 0 Å². The van der Waals surface area contributed by atoms with Crippen LogP contribution in [0.2, 0.25) is 0 Å². The zero-order valence-electron chi connectivity index (χ0n) is 17.7. The molecule has 0 saturated heterocycles. The number of sulfonamides is 2. The Bertz CT molecular complexity index is 1030. The van der Waals surface area contributed by atoms with Gasteiger partial charge in [0.05, 0.1) is 11.5 Å². The molecule has 0 radical (unpaired) electrons. The van der Waals surface area contributed by atoms with Gasteiger partial charge in [-0.05, 0) is 42.0 Å². The molecule has 2 atom stereocenters. The van der Waals surface area contributed by atoms with Gasteiger partial charge in [0.1, 0.15) is 6.23 Å². The van der Waals surface area contributed by atoms with Crippen LogP contribution in [0.25, 0.3) is 11.1 Å². The molecule has 166 valence electrons. The molecule has 0 fully saturated rings. The largest absolute Gasteiger partial charge is 0.377 e. The summed E-state index contributed by atoms with van der Waals surface area (Å²) < 4.78 is 50.9. The molecule has 2 rings (SSSR count). The average Bonchev–Trinajstić information content (AvgIpc) is 2.65. The van der Waals surface area contributed by atoms with Gasteiger partial charge in [-0.2, -0.15) is 4.72 Å². The van der Waals surface area contributed by atoms with Gasteiger partial charge in [0.25, 0.3) is 0 Å². The molecule has 30 heavy (non-hydrogen) atoms. The van der Waals surface area contributed by atoms with Crippen LogP contribution in [-0.2, 0) is 26.5 Å². The lowest BCUT2D eigenvalue weighted by Crippen LogP contribution is -2.35. The molecule has 2 aromatic carbocycles. The minimum Gasteiger partial charge on any atom is -0.377 e. The predicted molar refractivity (Wildman–Crippen MR) is 120 cm³/mol. The molecule has 0 aromatic heterocycles. The summed E-state index contributed by atoms with van der Waals surface area (Å²) >= 11 is 0. The predicted octanol–water partition coefficient (Wildman–Crippen LogP) is 2.19. The molecule has 0 aliphatic carbocycles. The molecular formula is C21H30N2O5S2. The maximum absolute atomic E-state index is 11.9. The van der Waals surface area contributed by atoms with Gasteiger partial charge in [0, 0.05) is 13.0 Å².